The van der Waals surface area contributed by atoms with Crippen LogP contribution in [-0.4, -0.2) is 19.1 Å². The minimum absolute atomic E-state index is 0.212. The number of hydrogen-bond donors (Lipinski definition) is 1. The molecule has 0 aromatic heterocycles. The van der Waals surface area contributed by atoms with E-state index in [-0.39, 0.29) is 23.4 Å². The van der Waals surface area contributed by atoms with Crippen molar-refractivity contribution in [3.63, 3.8) is 0 Å². The van der Waals surface area contributed by atoms with E-state index in [0.29, 0.717) is 30.2 Å². The molecule has 2 saturated carbocycles. The average molecular weight is 476 g/mol. The van der Waals surface area contributed by atoms with Gasteiger partial charge in [-0.1, -0.05) is 30.7 Å². The van der Waals surface area contributed by atoms with Gasteiger partial charge in [0.1, 0.15) is 5.82 Å². The molecule has 34 heavy (non-hydrogen) atoms. The van der Waals surface area contributed by atoms with E-state index in [9.17, 15) is 22.4 Å². The molecule has 1 amide bonds. The summed E-state index contributed by atoms with van der Waals surface area (Å²) < 4.78 is 58.0. The van der Waals surface area contributed by atoms with E-state index < -0.39 is 17.6 Å². The quantitative estimate of drug-likeness (QED) is 0.482. The van der Waals surface area contributed by atoms with Gasteiger partial charge in [0, 0.05) is 19.1 Å². The van der Waals surface area contributed by atoms with Gasteiger partial charge < -0.3 is 10.1 Å². The van der Waals surface area contributed by atoms with Gasteiger partial charge in [-0.15, -0.1) is 0 Å². The van der Waals surface area contributed by atoms with Gasteiger partial charge in [0.05, 0.1) is 11.3 Å². The lowest BCUT2D eigenvalue weighted by Gasteiger charge is -2.29. The van der Waals surface area contributed by atoms with Crippen molar-refractivity contribution in [2.24, 2.45) is 11.3 Å². The number of benzene rings is 2. The van der Waals surface area contributed by atoms with E-state index in [1.165, 1.54) is 17.5 Å². The SMILES string of the molecule is O=C(Nc1ccc(C(F)(F)F)cc1F)C1CCCC(c2ccc(C3CC34CCOCC4)cc2)C1. The van der Waals surface area contributed by atoms with Gasteiger partial charge in [-0.2, -0.15) is 13.2 Å². The Balaban J connectivity index is 1.21. The van der Waals surface area contributed by atoms with Crippen LogP contribution in [0.15, 0.2) is 42.5 Å². The fraction of sp³-hybridized carbons (Fsp3) is 0.519. The monoisotopic (exact) mass is 475 g/mol. The third kappa shape index (κ3) is 4.72. The van der Waals surface area contributed by atoms with Crippen LogP contribution in [0.4, 0.5) is 23.2 Å². The predicted octanol–water partition coefficient (Wildman–Crippen LogP) is 7.04. The molecule has 7 heteroatoms. The van der Waals surface area contributed by atoms with Crippen LogP contribution in [0.25, 0.3) is 0 Å². The predicted molar refractivity (Wildman–Crippen MR) is 121 cm³/mol. The summed E-state index contributed by atoms with van der Waals surface area (Å²) in [6.07, 6.45) is 2.10. The van der Waals surface area contributed by atoms with Crippen LogP contribution in [-0.2, 0) is 15.7 Å². The molecule has 0 bridgehead atoms. The van der Waals surface area contributed by atoms with E-state index in [0.717, 1.165) is 51.0 Å². The van der Waals surface area contributed by atoms with Crippen molar-refractivity contribution in [2.45, 2.75) is 63.0 Å². The molecular formula is C27H29F4NO2. The Morgan fingerprint density at radius 2 is 1.71 bits per heavy atom. The Hall–Kier alpha value is -2.41. The molecule has 5 rings (SSSR count). The maximum absolute atomic E-state index is 14.2. The molecule has 2 aromatic rings. The van der Waals surface area contributed by atoms with E-state index in [4.69, 9.17) is 4.74 Å². The smallest absolute Gasteiger partial charge is 0.381 e. The molecule has 182 valence electrons. The van der Waals surface area contributed by atoms with Gasteiger partial charge >= 0.3 is 6.18 Å². The molecule has 2 aliphatic carbocycles. The second-order valence-corrected chi connectivity index (χ2v) is 10.1. The largest absolute Gasteiger partial charge is 0.416 e. The summed E-state index contributed by atoms with van der Waals surface area (Å²) in [4.78, 5) is 12.8. The molecule has 1 aliphatic heterocycles. The van der Waals surface area contributed by atoms with Gasteiger partial charge in [-0.25, -0.2) is 4.39 Å². The van der Waals surface area contributed by atoms with E-state index in [2.05, 4.69) is 29.6 Å². The Morgan fingerprint density at radius 1 is 1.00 bits per heavy atom. The number of ether oxygens (including phenoxy) is 1. The maximum atomic E-state index is 14.2. The molecule has 1 N–H and O–H groups in total. The average Bonchev–Trinajstić information content (AvgIpc) is 3.52. The molecule has 3 atom stereocenters. The molecule has 1 spiro atoms. The van der Waals surface area contributed by atoms with Crippen molar-refractivity contribution in [3.05, 3.63) is 65.0 Å². The van der Waals surface area contributed by atoms with Crippen molar-refractivity contribution in [2.75, 3.05) is 18.5 Å². The van der Waals surface area contributed by atoms with E-state index in [1.807, 2.05) is 0 Å². The first-order chi connectivity index (χ1) is 16.2. The molecule has 3 unspecified atom stereocenters. The highest BCUT2D eigenvalue weighted by atomic mass is 19.4. The second-order valence-electron chi connectivity index (χ2n) is 10.1. The third-order valence-corrected chi connectivity index (χ3v) is 8.09. The van der Waals surface area contributed by atoms with Gasteiger partial charge in [-0.3, -0.25) is 4.79 Å². The zero-order chi connectivity index (χ0) is 23.9. The van der Waals surface area contributed by atoms with Crippen molar-refractivity contribution >= 4 is 11.6 Å². The van der Waals surface area contributed by atoms with Gasteiger partial charge in [0.15, 0.2) is 0 Å². The van der Waals surface area contributed by atoms with Crippen molar-refractivity contribution < 1.29 is 27.1 Å². The topological polar surface area (TPSA) is 38.3 Å². The standard InChI is InChI=1S/C27H29F4NO2/c28-23-15-21(27(29,30)31)8-9-24(23)32-25(33)20-3-1-2-19(14-20)17-4-6-18(7-5-17)22-16-26(22)10-12-34-13-11-26/h4-9,15,19-20,22H,1-3,10-14,16H2,(H,32,33). The number of alkyl halides is 3. The van der Waals surface area contributed by atoms with Crippen molar-refractivity contribution in [1.29, 1.82) is 0 Å². The number of anilines is 1. The zero-order valence-electron chi connectivity index (χ0n) is 19.0. The Morgan fingerprint density at radius 3 is 2.38 bits per heavy atom. The highest BCUT2D eigenvalue weighted by Crippen LogP contribution is 2.64. The molecular weight excluding hydrogens is 446 g/mol. The minimum atomic E-state index is -4.62. The summed E-state index contributed by atoms with van der Waals surface area (Å²) in [6, 6.07) is 11.0. The molecule has 1 heterocycles. The van der Waals surface area contributed by atoms with Crippen LogP contribution in [0.5, 0.6) is 0 Å². The van der Waals surface area contributed by atoms with Crippen LogP contribution in [0.1, 0.15) is 73.5 Å². The Labute approximate surface area is 196 Å². The number of carbonyl (C=O) groups excluding carboxylic acids is 1. The van der Waals surface area contributed by atoms with E-state index in [1.54, 1.807) is 0 Å². The van der Waals surface area contributed by atoms with Crippen molar-refractivity contribution in [3.8, 4) is 0 Å². The Kier molecular flexibility index (Phi) is 6.17. The maximum Gasteiger partial charge on any atom is 0.416 e. The molecule has 1 saturated heterocycles. The Bertz CT molecular complexity index is 1040. The van der Waals surface area contributed by atoms with Gasteiger partial charge in [0.2, 0.25) is 5.91 Å². The summed E-state index contributed by atoms with van der Waals surface area (Å²) >= 11 is 0. The molecule has 0 radical (unpaired) electrons. The number of halogens is 4. The summed E-state index contributed by atoms with van der Waals surface area (Å²) in [5.74, 6) is -0.844. The number of rotatable bonds is 4. The normalized spacial score (nSPS) is 26.3. The first-order valence-corrected chi connectivity index (χ1v) is 12.1. The highest BCUT2D eigenvalue weighted by molar-refractivity contribution is 5.92. The molecule has 3 fully saturated rings. The lowest BCUT2D eigenvalue weighted by atomic mass is 9.77. The van der Waals surface area contributed by atoms with Crippen LogP contribution >= 0.6 is 0 Å². The van der Waals surface area contributed by atoms with Crippen LogP contribution in [0.3, 0.4) is 0 Å². The zero-order valence-corrected chi connectivity index (χ0v) is 19.0. The first-order valence-electron chi connectivity index (χ1n) is 12.1. The lowest BCUT2D eigenvalue weighted by molar-refractivity contribution is -0.137. The highest BCUT2D eigenvalue weighted by Gasteiger charge is 2.54. The molecule has 3 nitrogen and oxygen atoms in total. The van der Waals surface area contributed by atoms with Crippen LogP contribution in [0.2, 0.25) is 0 Å². The fourth-order valence-electron chi connectivity index (χ4n) is 5.91. The molecule has 3 aliphatic rings. The number of hydrogen-bond acceptors (Lipinski definition) is 2. The van der Waals surface area contributed by atoms with Crippen molar-refractivity contribution in [1.82, 2.24) is 0 Å². The van der Waals surface area contributed by atoms with Crippen LogP contribution in [0, 0.1) is 17.2 Å². The van der Waals surface area contributed by atoms with Gasteiger partial charge in [-0.05, 0) is 85.1 Å². The molecule has 2 aromatic carbocycles. The number of amides is 1. The minimum Gasteiger partial charge on any atom is -0.381 e. The van der Waals surface area contributed by atoms with E-state index >= 15 is 0 Å². The summed E-state index contributed by atoms with van der Waals surface area (Å²) in [5, 5.41) is 2.50. The number of nitrogens with one attached hydrogen (secondary N) is 1. The second kappa shape index (κ2) is 8.99. The number of carbonyl (C=O) groups is 1. The fourth-order valence-corrected chi connectivity index (χ4v) is 5.91. The van der Waals surface area contributed by atoms with Crippen LogP contribution < -0.4 is 5.32 Å². The summed E-state index contributed by atoms with van der Waals surface area (Å²) in [7, 11) is 0. The third-order valence-electron chi connectivity index (χ3n) is 8.09. The van der Waals surface area contributed by atoms with Gasteiger partial charge in [0.25, 0.3) is 0 Å². The summed E-state index contributed by atoms with van der Waals surface area (Å²) in [6.45, 7) is 1.72. The first kappa shape index (κ1) is 23.3. The summed E-state index contributed by atoms with van der Waals surface area (Å²) in [5.41, 5.74) is 1.74. The lowest BCUT2D eigenvalue weighted by Crippen LogP contribution is -2.28.